The molecule has 0 bridgehead atoms. The van der Waals surface area contributed by atoms with Crippen molar-refractivity contribution >= 4 is 23.8 Å². The van der Waals surface area contributed by atoms with E-state index in [-0.39, 0.29) is 11.5 Å². The maximum atomic E-state index is 11.4. The van der Waals surface area contributed by atoms with Gasteiger partial charge < -0.3 is 9.47 Å². The lowest BCUT2D eigenvalue weighted by Gasteiger charge is -2.13. The van der Waals surface area contributed by atoms with Gasteiger partial charge in [0, 0.05) is 11.8 Å². The summed E-state index contributed by atoms with van der Waals surface area (Å²) < 4.78 is 11.1. The van der Waals surface area contributed by atoms with Crippen molar-refractivity contribution in [1.29, 1.82) is 0 Å². The summed E-state index contributed by atoms with van der Waals surface area (Å²) in [4.78, 5) is 18.0. The van der Waals surface area contributed by atoms with Crippen LogP contribution in [-0.4, -0.2) is 29.4 Å². The largest absolute Gasteiger partial charge is 0.490 e. The van der Waals surface area contributed by atoms with Crippen molar-refractivity contribution in [2.45, 2.75) is 20.8 Å². The number of nitrogens with one attached hydrogen (secondary N) is 2. The van der Waals surface area contributed by atoms with Gasteiger partial charge in [-0.2, -0.15) is 5.10 Å². The molecule has 0 aliphatic rings. The van der Waals surface area contributed by atoms with Gasteiger partial charge in [-0.15, -0.1) is 0 Å². The molecule has 2 aromatic rings. The Morgan fingerprint density at radius 1 is 1.29 bits per heavy atom. The summed E-state index contributed by atoms with van der Waals surface area (Å²) in [7, 11) is 0. The molecule has 24 heavy (non-hydrogen) atoms. The van der Waals surface area contributed by atoms with Crippen molar-refractivity contribution < 1.29 is 9.47 Å². The molecule has 128 valence electrons. The van der Waals surface area contributed by atoms with E-state index in [0.29, 0.717) is 35.4 Å². The van der Waals surface area contributed by atoms with Crippen molar-refractivity contribution in [2.24, 2.45) is 5.10 Å². The molecule has 0 aliphatic carbocycles. The SMILES string of the molecule is CCOc1cc(/C=N\Nc2nc(C)cc(=O)[nH]2)cc(Cl)c1OCC. The van der Waals surface area contributed by atoms with Gasteiger partial charge in [-0.1, -0.05) is 11.6 Å². The molecule has 1 heterocycles. The molecule has 2 rings (SSSR count). The van der Waals surface area contributed by atoms with Crippen LogP contribution in [0.1, 0.15) is 25.1 Å². The molecule has 7 nitrogen and oxygen atoms in total. The van der Waals surface area contributed by atoms with Crippen LogP contribution in [0.15, 0.2) is 28.1 Å². The number of nitrogens with zero attached hydrogens (tertiary/aromatic N) is 2. The summed E-state index contributed by atoms with van der Waals surface area (Å²) in [5, 5.41) is 4.49. The topological polar surface area (TPSA) is 88.6 Å². The monoisotopic (exact) mass is 350 g/mol. The first-order chi connectivity index (χ1) is 11.5. The van der Waals surface area contributed by atoms with Crippen LogP contribution in [0.2, 0.25) is 5.02 Å². The predicted octanol–water partition coefficient (Wildman–Crippen LogP) is 2.98. The van der Waals surface area contributed by atoms with E-state index in [4.69, 9.17) is 21.1 Å². The van der Waals surface area contributed by atoms with Crippen molar-refractivity contribution in [3.63, 3.8) is 0 Å². The van der Waals surface area contributed by atoms with E-state index >= 15 is 0 Å². The van der Waals surface area contributed by atoms with Gasteiger partial charge >= 0.3 is 0 Å². The molecule has 0 saturated heterocycles. The molecule has 1 aromatic heterocycles. The minimum absolute atomic E-state index is 0.247. The van der Waals surface area contributed by atoms with Crippen LogP contribution in [0, 0.1) is 6.92 Å². The van der Waals surface area contributed by atoms with Crippen LogP contribution >= 0.6 is 11.6 Å². The molecule has 0 atom stereocenters. The molecule has 0 saturated carbocycles. The zero-order chi connectivity index (χ0) is 17.5. The fourth-order valence-electron chi connectivity index (χ4n) is 2.01. The lowest BCUT2D eigenvalue weighted by Crippen LogP contribution is -2.10. The number of hydrogen-bond donors (Lipinski definition) is 2. The van der Waals surface area contributed by atoms with E-state index in [0.717, 1.165) is 5.56 Å². The number of hydrogen-bond acceptors (Lipinski definition) is 6. The second-order valence-electron chi connectivity index (χ2n) is 4.80. The van der Waals surface area contributed by atoms with Crippen LogP contribution in [0.3, 0.4) is 0 Å². The second-order valence-corrected chi connectivity index (χ2v) is 5.21. The standard InChI is InChI=1S/C16H19ClN4O3/c1-4-23-13-8-11(7-12(17)15(13)24-5-2)9-18-21-16-19-10(3)6-14(22)20-16/h6-9H,4-5H2,1-3H3,(H2,19,20,21,22)/b18-9-. The number of benzene rings is 1. The van der Waals surface area contributed by atoms with Crippen LogP contribution in [0.4, 0.5) is 5.95 Å². The lowest BCUT2D eigenvalue weighted by molar-refractivity contribution is 0.288. The smallest absolute Gasteiger partial charge is 0.252 e. The predicted molar refractivity (Wildman–Crippen MR) is 94.6 cm³/mol. The van der Waals surface area contributed by atoms with Gasteiger partial charge in [-0.25, -0.2) is 10.4 Å². The Morgan fingerprint density at radius 3 is 2.71 bits per heavy atom. The van der Waals surface area contributed by atoms with E-state index in [2.05, 4.69) is 20.5 Å². The van der Waals surface area contributed by atoms with Crippen molar-refractivity contribution in [3.8, 4) is 11.5 Å². The number of rotatable bonds is 7. The molecule has 2 N–H and O–H groups in total. The highest BCUT2D eigenvalue weighted by molar-refractivity contribution is 6.32. The highest BCUT2D eigenvalue weighted by Gasteiger charge is 2.11. The fraction of sp³-hybridized carbons (Fsp3) is 0.312. The van der Waals surface area contributed by atoms with Crippen LogP contribution in [0.25, 0.3) is 0 Å². The third-order valence-electron chi connectivity index (χ3n) is 2.87. The number of hydrazone groups is 1. The second kappa shape index (κ2) is 8.35. The Hall–Kier alpha value is -2.54. The van der Waals surface area contributed by atoms with Gasteiger partial charge in [0.05, 0.1) is 24.5 Å². The van der Waals surface area contributed by atoms with E-state index in [9.17, 15) is 4.79 Å². The summed E-state index contributed by atoms with van der Waals surface area (Å²) >= 11 is 6.24. The Bertz CT molecular complexity index is 789. The Kier molecular flexibility index (Phi) is 6.20. The first kappa shape index (κ1) is 17.8. The third-order valence-corrected chi connectivity index (χ3v) is 3.15. The maximum absolute atomic E-state index is 11.4. The molecular formula is C16H19ClN4O3. The van der Waals surface area contributed by atoms with Gasteiger partial charge in [0.15, 0.2) is 11.5 Å². The number of aromatic amines is 1. The number of anilines is 1. The highest BCUT2D eigenvalue weighted by Crippen LogP contribution is 2.36. The minimum Gasteiger partial charge on any atom is -0.490 e. The van der Waals surface area contributed by atoms with Gasteiger partial charge in [-0.3, -0.25) is 9.78 Å². The fourth-order valence-corrected chi connectivity index (χ4v) is 2.28. The summed E-state index contributed by atoms with van der Waals surface area (Å²) in [6.45, 7) is 6.46. The van der Waals surface area contributed by atoms with Gasteiger partial charge in [0.25, 0.3) is 5.56 Å². The van der Waals surface area contributed by atoms with Crippen LogP contribution < -0.4 is 20.5 Å². The summed E-state index contributed by atoms with van der Waals surface area (Å²) in [5.41, 5.74) is 3.74. The zero-order valence-electron chi connectivity index (χ0n) is 13.7. The molecule has 1 aromatic carbocycles. The summed E-state index contributed by atoms with van der Waals surface area (Å²) in [6, 6.07) is 4.89. The third kappa shape index (κ3) is 4.73. The molecule has 0 aliphatic heterocycles. The van der Waals surface area contributed by atoms with E-state index in [1.54, 1.807) is 25.3 Å². The first-order valence-corrected chi connectivity index (χ1v) is 7.87. The molecule has 0 unspecified atom stereocenters. The quantitative estimate of drug-likeness (QED) is 0.592. The van der Waals surface area contributed by atoms with Gasteiger partial charge in [-0.05, 0) is 38.5 Å². The van der Waals surface area contributed by atoms with Crippen LogP contribution in [0.5, 0.6) is 11.5 Å². The minimum atomic E-state index is -0.247. The van der Waals surface area contributed by atoms with E-state index < -0.39 is 0 Å². The molecule has 0 spiro atoms. The summed E-state index contributed by atoms with van der Waals surface area (Å²) in [5.74, 6) is 1.32. The van der Waals surface area contributed by atoms with Crippen LogP contribution in [-0.2, 0) is 0 Å². The van der Waals surface area contributed by atoms with Crippen molar-refractivity contribution in [3.05, 3.63) is 44.8 Å². The van der Waals surface area contributed by atoms with Gasteiger partial charge in [0.1, 0.15) is 0 Å². The maximum Gasteiger partial charge on any atom is 0.252 e. The first-order valence-electron chi connectivity index (χ1n) is 7.49. The molecule has 8 heteroatoms. The average Bonchev–Trinajstić information content (AvgIpc) is 2.50. The Labute approximate surface area is 144 Å². The lowest BCUT2D eigenvalue weighted by atomic mass is 10.2. The van der Waals surface area contributed by atoms with Crippen molar-refractivity contribution in [1.82, 2.24) is 9.97 Å². The summed E-state index contributed by atoms with van der Waals surface area (Å²) in [6.07, 6.45) is 1.55. The molecule has 0 amide bonds. The number of ether oxygens (including phenoxy) is 2. The molecular weight excluding hydrogens is 332 g/mol. The molecule has 0 radical (unpaired) electrons. The zero-order valence-corrected chi connectivity index (χ0v) is 14.5. The number of aromatic nitrogens is 2. The van der Waals surface area contributed by atoms with Crippen molar-refractivity contribution in [2.75, 3.05) is 18.6 Å². The number of halogens is 1. The van der Waals surface area contributed by atoms with E-state index in [1.165, 1.54) is 6.07 Å². The highest BCUT2D eigenvalue weighted by atomic mass is 35.5. The number of H-pyrrole nitrogens is 1. The molecule has 0 fully saturated rings. The number of aryl methyl sites for hydroxylation is 1. The van der Waals surface area contributed by atoms with E-state index in [1.807, 2.05) is 13.8 Å². The Morgan fingerprint density at radius 2 is 2.04 bits per heavy atom. The Balaban J connectivity index is 2.20. The van der Waals surface area contributed by atoms with Gasteiger partial charge in [0.2, 0.25) is 5.95 Å². The normalized spacial score (nSPS) is 10.8. The average molecular weight is 351 g/mol.